The number of nitrogens with zero attached hydrogens (tertiary/aromatic N) is 2. The van der Waals surface area contributed by atoms with E-state index in [2.05, 4.69) is 14.9 Å². The van der Waals surface area contributed by atoms with Crippen LogP contribution in [0.15, 0.2) is 51.9 Å². The number of nitrogens with one attached hydrogen (secondary N) is 1. The summed E-state index contributed by atoms with van der Waals surface area (Å²) < 4.78 is 38.1. The summed E-state index contributed by atoms with van der Waals surface area (Å²) in [5.41, 5.74) is 2.76. The number of sulfonamides is 1. The Bertz CT molecular complexity index is 1040. The van der Waals surface area contributed by atoms with Crippen molar-refractivity contribution in [1.29, 1.82) is 0 Å². The molecule has 1 N–H and O–H groups in total. The molecule has 0 fully saturated rings. The summed E-state index contributed by atoms with van der Waals surface area (Å²) in [5, 5.41) is 3.98. The Morgan fingerprint density at radius 2 is 1.93 bits per heavy atom. The van der Waals surface area contributed by atoms with E-state index in [4.69, 9.17) is 9.26 Å². The van der Waals surface area contributed by atoms with E-state index in [0.29, 0.717) is 17.5 Å². The SMILES string of the molecule is COc1ccc(C)cc1S(=O)(=O)NCCc1nc(-c2ccccc2C)no1. The summed E-state index contributed by atoms with van der Waals surface area (Å²) in [6.07, 6.45) is 0.284. The maximum Gasteiger partial charge on any atom is 0.244 e. The van der Waals surface area contributed by atoms with Gasteiger partial charge in [0.2, 0.25) is 21.7 Å². The van der Waals surface area contributed by atoms with Gasteiger partial charge in [-0.05, 0) is 37.1 Å². The number of aryl methyl sites for hydroxylation is 2. The van der Waals surface area contributed by atoms with Crippen LogP contribution in [0.5, 0.6) is 5.75 Å². The molecule has 142 valence electrons. The second kappa shape index (κ2) is 7.89. The van der Waals surface area contributed by atoms with E-state index in [9.17, 15) is 8.42 Å². The van der Waals surface area contributed by atoms with E-state index >= 15 is 0 Å². The molecular formula is C19H21N3O4S. The lowest BCUT2D eigenvalue weighted by Crippen LogP contribution is -2.26. The van der Waals surface area contributed by atoms with Gasteiger partial charge in [0.1, 0.15) is 10.6 Å². The standard InChI is InChI=1S/C19H21N3O4S/c1-13-8-9-16(25-3)17(12-13)27(23,24)20-11-10-18-21-19(22-26-18)15-7-5-4-6-14(15)2/h4-9,12,20H,10-11H2,1-3H3. The Morgan fingerprint density at radius 3 is 2.67 bits per heavy atom. The molecule has 3 rings (SSSR count). The van der Waals surface area contributed by atoms with E-state index in [0.717, 1.165) is 16.7 Å². The minimum atomic E-state index is -3.71. The summed E-state index contributed by atoms with van der Waals surface area (Å²) in [6, 6.07) is 12.7. The Balaban J connectivity index is 1.68. The second-order valence-corrected chi connectivity index (χ2v) is 7.86. The van der Waals surface area contributed by atoms with Gasteiger partial charge < -0.3 is 9.26 Å². The third kappa shape index (κ3) is 4.35. The molecule has 0 aliphatic carbocycles. The van der Waals surface area contributed by atoms with Gasteiger partial charge in [0, 0.05) is 18.5 Å². The average molecular weight is 387 g/mol. The number of methoxy groups -OCH3 is 1. The van der Waals surface area contributed by atoms with Crippen molar-refractivity contribution in [3.05, 3.63) is 59.5 Å². The Hall–Kier alpha value is -2.71. The largest absolute Gasteiger partial charge is 0.495 e. The summed E-state index contributed by atoms with van der Waals surface area (Å²) in [4.78, 5) is 4.45. The first kappa shape index (κ1) is 19.1. The minimum absolute atomic E-state index is 0.108. The van der Waals surface area contributed by atoms with Gasteiger partial charge in [0.25, 0.3) is 0 Å². The van der Waals surface area contributed by atoms with Crippen molar-refractivity contribution in [2.24, 2.45) is 0 Å². The van der Waals surface area contributed by atoms with E-state index in [1.807, 2.05) is 38.1 Å². The van der Waals surface area contributed by atoms with Gasteiger partial charge in [-0.2, -0.15) is 4.98 Å². The molecule has 0 bridgehead atoms. The highest BCUT2D eigenvalue weighted by molar-refractivity contribution is 7.89. The summed E-state index contributed by atoms with van der Waals surface area (Å²) in [6.45, 7) is 3.92. The zero-order valence-electron chi connectivity index (χ0n) is 15.4. The molecule has 27 heavy (non-hydrogen) atoms. The monoisotopic (exact) mass is 387 g/mol. The number of rotatable bonds is 7. The molecule has 0 aliphatic heterocycles. The summed E-state index contributed by atoms with van der Waals surface area (Å²) in [5.74, 6) is 1.16. The fourth-order valence-electron chi connectivity index (χ4n) is 2.65. The maximum absolute atomic E-state index is 12.6. The molecule has 0 amide bonds. The van der Waals surface area contributed by atoms with Crippen molar-refractivity contribution < 1.29 is 17.7 Å². The van der Waals surface area contributed by atoms with Crippen LogP contribution in [0.4, 0.5) is 0 Å². The van der Waals surface area contributed by atoms with Crippen LogP contribution < -0.4 is 9.46 Å². The lowest BCUT2D eigenvalue weighted by Gasteiger charge is -2.10. The van der Waals surface area contributed by atoms with Crippen LogP contribution in [0.1, 0.15) is 17.0 Å². The first-order chi connectivity index (χ1) is 12.9. The molecule has 0 radical (unpaired) electrons. The quantitative estimate of drug-likeness (QED) is 0.670. The number of benzene rings is 2. The Morgan fingerprint density at radius 1 is 1.15 bits per heavy atom. The highest BCUT2D eigenvalue weighted by Crippen LogP contribution is 2.24. The van der Waals surface area contributed by atoms with Crippen LogP contribution in [0.3, 0.4) is 0 Å². The van der Waals surface area contributed by atoms with Crippen molar-refractivity contribution in [3.63, 3.8) is 0 Å². The van der Waals surface area contributed by atoms with E-state index in [1.165, 1.54) is 7.11 Å². The van der Waals surface area contributed by atoms with Crippen molar-refractivity contribution in [2.75, 3.05) is 13.7 Å². The lowest BCUT2D eigenvalue weighted by molar-refractivity contribution is 0.378. The predicted molar refractivity (Wildman–Crippen MR) is 101 cm³/mol. The van der Waals surface area contributed by atoms with Crippen LogP contribution in [-0.4, -0.2) is 32.2 Å². The molecule has 0 atom stereocenters. The molecular weight excluding hydrogens is 366 g/mol. The van der Waals surface area contributed by atoms with Crippen molar-refractivity contribution >= 4 is 10.0 Å². The van der Waals surface area contributed by atoms with Gasteiger partial charge in [-0.3, -0.25) is 0 Å². The molecule has 0 saturated carbocycles. The fraction of sp³-hybridized carbons (Fsp3) is 0.263. The average Bonchev–Trinajstić information content (AvgIpc) is 3.10. The Kier molecular flexibility index (Phi) is 5.57. The number of ether oxygens (including phenoxy) is 1. The first-order valence-corrected chi connectivity index (χ1v) is 9.92. The van der Waals surface area contributed by atoms with E-state index in [-0.39, 0.29) is 17.9 Å². The van der Waals surface area contributed by atoms with E-state index in [1.54, 1.807) is 18.2 Å². The normalized spacial score (nSPS) is 11.5. The highest BCUT2D eigenvalue weighted by atomic mass is 32.2. The molecule has 3 aromatic rings. The van der Waals surface area contributed by atoms with Gasteiger partial charge >= 0.3 is 0 Å². The molecule has 0 aliphatic rings. The first-order valence-electron chi connectivity index (χ1n) is 8.43. The Labute approximate surface area is 158 Å². The predicted octanol–water partition coefficient (Wildman–Crippen LogP) is 2.88. The van der Waals surface area contributed by atoms with Crippen LogP contribution in [0.25, 0.3) is 11.4 Å². The maximum atomic E-state index is 12.6. The number of aromatic nitrogens is 2. The lowest BCUT2D eigenvalue weighted by atomic mass is 10.1. The fourth-order valence-corrected chi connectivity index (χ4v) is 3.94. The van der Waals surface area contributed by atoms with Gasteiger partial charge in [-0.1, -0.05) is 35.5 Å². The molecule has 2 aromatic carbocycles. The highest BCUT2D eigenvalue weighted by Gasteiger charge is 2.20. The molecule has 0 saturated heterocycles. The van der Waals surface area contributed by atoms with Gasteiger partial charge in [-0.15, -0.1) is 0 Å². The minimum Gasteiger partial charge on any atom is -0.495 e. The van der Waals surface area contributed by atoms with Crippen LogP contribution in [-0.2, 0) is 16.4 Å². The third-order valence-corrected chi connectivity index (χ3v) is 5.58. The molecule has 0 unspecified atom stereocenters. The number of hydrogen-bond acceptors (Lipinski definition) is 6. The van der Waals surface area contributed by atoms with Gasteiger partial charge in [-0.25, -0.2) is 13.1 Å². The zero-order chi connectivity index (χ0) is 19.4. The van der Waals surface area contributed by atoms with Crippen LogP contribution in [0.2, 0.25) is 0 Å². The van der Waals surface area contributed by atoms with Gasteiger partial charge in [0.15, 0.2) is 0 Å². The van der Waals surface area contributed by atoms with E-state index < -0.39 is 10.0 Å². The van der Waals surface area contributed by atoms with Gasteiger partial charge in [0.05, 0.1) is 7.11 Å². The second-order valence-electron chi connectivity index (χ2n) is 6.13. The molecule has 8 heteroatoms. The number of hydrogen-bond donors (Lipinski definition) is 1. The van der Waals surface area contributed by atoms with Crippen molar-refractivity contribution in [1.82, 2.24) is 14.9 Å². The zero-order valence-corrected chi connectivity index (χ0v) is 16.2. The molecule has 0 spiro atoms. The topological polar surface area (TPSA) is 94.3 Å². The van der Waals surface area contributed by atoms with Crippen molar-refractivity contribution in [3.8, 4) is 17.1 Å². The van der Waals surface area contributed by atoms with Crippen LogP contribution in [0, 0.1) is 13.8 Å². The van der Waals surface area contributed by atoms with Crippen LogP contribution >= 0.6 is 0 Å². The summed E-state index contributed by atoms with van der Waals surface area (Å²) in [7, 11) is -2.27. The molecule has 1 heterocycles. The summed E-state index contributed by atoms with van der Waals surface area (Å²) >= 11 is 0. The molecule has 1 aromatic heterocycles. The third-order valence-electron chi connectivity index (χ3n) is 4.09. The molecule has 7 nitrogen and oxygen atoms in total. The smallest absolute Gasteiger partial charge is 0.244 e. The van der Waals surface area contributed by atoms with Crippen molar-refractivity contribution in [2.45, 2.75) is 25.2 Å².